The summed E-state index contributed by atoms with van der Waals surface area (Å²) >= 11 is 1.33. The maximum Gasteiger partial charge on any atom is 0.262 e. The van der Waals surface area contributed by atoms with E-state index in [2.05, 4.69) is 10.3 Å². The molecule has 234 valence electrons. The molecular formula is C30H40FN4O6PS. The van der Waals surface area contributed by atoms with Crippen molar-refractivity contribution < 1.29 is 38.3 Å². The molecule has 0 bridgehead atoms. The Hall–Kier alpha value is -3.02. The number of likely N-dealkylation sites (tertiary alicyclic amines) is 1. The van der Waals surface area contributed by atoms with Gasteiger partial charge in [0.25, 0.3) is 5.91 Å². The minimum atomic E-state index is -2.05. The van der Waals surface area contributed by atoms with Crippen molar-refractivity contribution in [2.75, 3.05) is 13.1 Å². The summed E-state index contributed by atoms with van der Waals surface area (Å²) in [5.41, 5.74) is 1.30. The van der Waals surface area contributed by atoms with Crippen LogP contribution < -0.4 is 5.32 Å². The van der Waals surface area contributed by atoms with Crippen molar-refractivity contribution in [2.24, 2.45) is 11.8 Å². The zero-order chi connectivity index (χ0) is 29.1. The Balaban J connectivity index is 0.00000144. The molecule has 5 atom stereocenters. The van der Waals surface area contributed by atoms with E-state index in [0.29, 0.717) is 48.2 Å². The summed E-state index contributed by atoms with van der Waals surface area (Å²) in [6.07, 6.45) is 6.96. The molecule has 2 unspecified atom stereocenters. The van der Waals surface area contributed by atoms with Crippen LogP contribution in [0.4, 0.5) is 4.39 Å². The van der Waals surface area contributed by atoms with Gasteiger partial charge in [0.05, 0.1) is 4.88 Å². The Bertz CT molecular complexity index is 1580. The first-order valence-corrected chi connectivity index (χ1v) is 16.7. The van der Waals surface area contributed by atoms with Crippen LogP contribution >= 0.6 is 19.7 Å². The van der Waals surface area contributed by atoms with Crippen LogP contribution in [0.1, 0.15) is 63.1 Å². The van der Waals surface area contributed by atoms with Gasteiger partial charge in [-0.15, -0.1) is 11.3 Å². The Morgan fingerprint density at radius 1 is 1.12 bits per heavy atom. The van der Waals surface area contributed by atoms with E-state index < -0.39 is 20.5 Å². The summed E-state index contributed by atoms with van der Waals surface area (Å²) in [5.74, 6) is -0.113. The third kappa shape index (κ3) is 5.79. The van der Waals surface area contributed by atoms with Gasteiger partial charge in [0, 0.05) is 58.1 Å². The smallest absolute Gasteiger partial charge is 0.262 e. The summed E-state index contributed by atoms with van der Waals surface area (Å²) in [6.45, 7) is 0.808. The highest BCUT2D eigenvalue weighted by molar-refractivity contribution is 7.44. The molecule has 2 aromatic heterocycles. The van der Waals surface area contributed by atoms with Gasteiger partial charge < -0.3 is 30.4 Å². The third-order valence-corrected chi connectivity index (χ3v) is 11.1. The minimum Gasteiger partial charge on any atom is -0.412 e. The number of hydrogen-bond donors (Lipinski definition) is 3. The number of hydrogen-bond acceptors (Lipinski definition) is 7. The zero-order valence-corrected chi connectivity index (χ0v) is 25.1. The largest absolute Gasteiger partial charge is 0.412 e. The molecule has 3 aromatic rings. The van der Waals surface area contributed by atoms with E-state index in [4.69, 9.17) is 0 Å². The molecule has 1 saturated carbocycles. The van der Waals surface area contributed by atoms with Crippen LogP contribution in [-0.4, -0.2) is 79.0 Å². The number of nitrogens with zero attached hydrogens (tertiary/aromatic N) is 3. The predicted molar refractivity (Wildman–Crippen MR) is 166 cm³/mol. The lowest BCUT2D eigenvalue weighted by Gasteiger charge is -2.43. The van der Waals surface area contributed by atoms with Gasteiger partial charge in [-0.05, 0) is 79.2 Å². The van der Waals surface area contributed by atoms with Crippen LogP contribution in [0.15, 0.2) is 42.7 Å². The van der Waals surface area contributed by atoms with Crippen molar-refractivity contribution in [3.63, 3.8) is 0 Å². The summed E-state index contributed by atoms with van der Waals surface area (Å²) < 4.78 is 15.1. The van der Waals surface area contributed by atoms with Gasteiger partial charge in [0.15, 0.2) is 8.38 Å². The monoisotopic (exact) mass is 634 g/mol. The molecule has 5 N–H and O–H groups in total. The molecule has 3 saturated heterocycles. The normalized spacial score (nSPS) is 26.7. The summed E-state index contributed by atoms with van der Waals surface area (Å²) in [6, 6.07) is 7.38. The molecule has 43 heavy (non-hydrogen) atoms. The number of amides is 3. The van der Waals surface area contributed by atoms with Gasteiger partial charge >= 0.3 is 0 Å². The molecular weight excluding hydrogens is 594 g/mol. The molecule has 1 aromatic carbocycles. The fraction of sp³-hybridized carbons (Fsp3) is 0.467. The Morgan fingerprint density at radius 3 is 2.67 bits per heavy atom. The van der Waals surface area contributed by atoms with Crippen molar-refractivity contribution in [3.8, 4) is 0 Å². The van der Waals surface area contributed by atoms with Crippen molar-refractivity contribution in [1.82, 2.24) is 20.1 Å². The summed E-state index contributed by atoms with van der Waals surface area (Å²) in [7, 11) is -2.05. The number of pyridine rings is 1. The minimum absolute atomic E-state index is 0. The highest BCUT2D eigenvalue weighted by atomic mass is 32.1. The first kappa shape index (κ1) is 30.0. The second kappa shape index (κ2) is 11.8. The number of halogens is 1. The average molecular weight is 635 g/mol. The Labute approximate surface area is 257 Å². The molecule has 0 spiro atoms. The molecule has 1 aliphatic carbocycles. The number of thiophene rings is 1. The number of benzene rings is 1. The van der Waals surface area contributed by atoms with Crippen LogP contribution in [-0.2, 0) is 15.8 Å². The number of rotatable bonds is 6. The lowest BCUT2D eigenvalue weighted by Crippen LogP contribution is -2.59. The lowest BCUT2D eigenvalue weighted by atomic mass is 9.91. The van der Waals surface area contributed by atoms with Crippen LogP contribution in [0.5, 0.6) is 0 Å². The van der Waals surface area contributed by atoms with Crippen molar-refractivity contribution in [3.05, 3.63) is 64.5 Å². The fourth-order valence-electron chi connectivity index (χ4n) is 7.08. The van der Waals surface area contributed by atoms with Gasteiger partial charge in [-0.3, -0.25) is 19.4 Å². The number of aromatic nitrogens is 1. The van der Waals surface area contributed by atoms with E-state index in [-0.39, 0.29) is 51.4 Å². The molecule has 3 amide bonds. The van der Waals surface area contributed by atoms with Crippen molar-refractivity contribution in [1.29, 1.82) is 0 Å². The van der Waals surface area contributed by atoms with Gasteiger partial charge in [-0.2, -0.15) is 0 Å². The third-order valence-electron chi connectivity index (χ3n) is 9.39. The van der Waals surface area contributed by atoms with Crippen LogP contribution in [0, 0.1) is 17.7 Å². The molecule has 3 aliphatic heterocycles. The standard InChI is InChI=1S/C30H32FN4O5PS.H2O.3H2/c31-23-5-6-32-12-22(23)20-13-34(14-20)30(38)25-3-2-21-9-17-8-18(17)10-24(29(37)35(21)25)33-28(36)27-11-19-7-16(15-41(39)40)1-4-26(19)42-27;;;;/h1,4-7,11-12,17-18,20-21,24-25,39-40H,2-3,8-10,13-15H2,(H,33,36);1H2;3*1H/t17?,18?,21-,24+,25+;;;;/m1..../s1. The average Bonchev–Trinajstić information content (AvgIpc) is 3.30. The van der Waals surface area contributed by atoms with Crippen LogP contribution in [0.2, 0.25) is 0 Å². The first-order chi connectivity index (χ1) is 20.2. The second-order valence-corrected chi connectivity index (χ2v) is 14.2. The first-order valence-electron chi connectivity index (χ1n) is 14.4. The number of nitrogens with one attached hydrogen (secondary N) is 1. The number of fused-ring (bicyclic) bond motifs is 3. The highest BCUT2D eigenvalue weighted by Crippen LogP contribution is 2.49. The SMILES string of the molecule is O.O=C(N[C@H]1CC2CC2C[C@H]2CC[C@@H](C(=O)N3CC(c4cnccc4F)C3)N2C1=O)c1cc2cc(CP(O)O)ccc2s1.[HH].[HH].[HH]. The van der Waals surface area contributed by atoms with E-state index in [0.717, 1.165) is 34.9 Å². The van der Waals surface area contributed by atoms with E-state index >= 15 is 0 Å². The van der Waals surface area contributed by atoms with Gasteiger partial charge in [0.2, 0.25) is 11.8 Å². The maximum atomic E-state index is 14.2. The summed E-state index contributed by atoms with van der Waals surface area (Å²) in [5, 5.41) is 3.85. The van der Waals surface area contributed by atoms with E-state index in [1.165, 1.54) is 29.8 Å². The fourth-order valence-corrected chi connectivity index (χ4v) is 8.55. The summed E-state index contributed by atoms with van der Waals surface area (Å²) in [4.78, 5) is 67.8. The van der Waals surface area contributed by atoms with E-state index in [1.54, 1.807) is 15.9 Å². The van der Waals surface area contributed by atoms with Gasteiger partial charge in [-0.1, -0.05) is 6.07 Å². The molecule has 0 radical (unpaired) electrons. The number of carbonyl (C=O) groups excluding carboxylic acids is 3. The van der Waals surface area contributed by atoms with Gasteiger partial charge in [0.1, 0.15) is 17.9 Å². The Kier molecular flexibility index (Phi) is 8.25. The predicted octanol–water partition coefficient (Wildman–Crippen LogP) is 3.66. The van der Waals surface area contributed by atoms with Crippen LogP contribution in [0.25, 0.3) is 10.1 Å². The van der Waals surface area contributed by atoms with E-state index in [9.17, 15) is 28.6 Å². The quantitative estimate of drug-likeness (QED) is 0.352. The molecule has 4 aliphatic rings. The lowest BCUT2D eigenvalue weighted by molar-refractivity contribution is -0.149. The van der Waals surface area contributed by atoms with E-state index in [1.807, 2.05) is 18.2 Å². The van der Waals surface area contributed by atoms with Crippen molar-refractivity contribution >= 4 is 47.5 Å². The van der Waals surface area contributed by atoms with Gasteiger partial charge in [-0.25, -0.2) is 4.39 Å². The Morgan fingerprint density at radius 2 is 1.91 bits per heavy atom. The highest BCUT2D eigenvalue weighted by Gasteiger charge is 2.52. The topological polar surface area (TPSA) is 155 Å². The maximum absolute atomic E-state index is 14.2. The van der Waals surface area contributed by atoms with Crippen molar-refractivity contribution in [2.45, 2.75) is 62.3 Å². The molecule has 10 nitrogen and oxygen atoms in total. The molecule has 4 fully saturated rings. The van der Waals surface area contributed by atoms with Crippen LogP contribution in [0.3, 0.4) is 0 Å². The molecule has 7 rings (SSSR count). The zero-order valence-electron chi connectivity index (χ0n) is 23.4. The molecule has 13 heteroatoms. The second-order valence-electron chi connectivity index (χ2n) is 12.1. The number of carbonyl (C=O) groups is 3. The molecule has 5 heterocycles.